The van der Waals surface area contributed by atoms with Crippen LogP contribution in [0.25, 0.3) is 17.0 Å². The Bertz CT molecular complexity index is 1200. The lowest BCUT2D eigenvalue weighted by atomic mass is 10.2. The van der Waals surface area contributed by atoms with Crippen molar-refractivity contribution in [3.8, 4) is 5.95 Å². The molecule has 1 aromatic carbocycles. The molecule has 11 nitrogen and oxygen atoms in total. The van der Waals surface area contributed by atoms with Gasteiger partial charge in [-0.3, -0.25) is 4.57 Å². The first-order chi connectivity index (χ1) is 17.4. The van der Waals surface area contributed by atoms with E-state index >= 15 is 0 Å². The zero-order chi connectivity index (χ0) is 25.1. The largest absolute Gasteiger partial charge is 0.444 e. The molecule has 5 rings (SSSR count). The Morgan fingerprint density at radius 1 is 1.08 bits per heavy atom. The van der Waals surface area contributed by atoms with Crippen molar-refractivity contribution in [1.29, 1.82) is 0 Å². The molecule has 1 atom stereocenters. The summed E-state index contributed by atoms with van der Waals surface area (Å²) >= 11 is 0. The average Bonchev–Trinajstić information content (AvgIpc) is 3.31. The van der Waals surface area contributed by atoms with Crippen LogP contribution in [0.4, 0.5) is 16.4 Å². The van der Waals surface area contributed by atoms with Crippen molar-refractivity contribution in [2.24, 2.45) is 0 Å². The van der Waals surface area contributed by atoms with Crippen LogP contribution in [0.2, 0.25) is 0 Å². The number of alkyl carbamates (subject to hydrolysis) is 1. The van der Waals surface area contributed by atoms with Crippen LogP contribution in [0.3, 0.4) is 0 Å². The first-order valence-electron chi connectivity index (χ1n) is 12.3. The summed E-state index contributed by atoms with van der Waals surface area (Å²) in [5.41, 5.74) is 1.29. The van der Waals surface area contributed by atoms with Crippen LogP contribution in [0.1, 0.15) is 20.8 Å². The molecule has 0 radical (unpaired) electrons. The number of hydrogen-bond acceptors (Lipinski definition) is 9. The van der Waals surface area contributed by atoms with Crippen molar-refractivity contribution >= 4 is 28.8 Å². The number of benzene rings is 1. The maximum atomic E-state index is 12.1. The molecule has 36 heavy (non-hydrogen) atoms. The molecule has 3 aromatic rings. The van der Waals surface area contributed by atoms with Gasteiger partial charge in [-0.25, -0.2) is 9.78 Å². The van der Waals surface area contributed by atoms with Crippen LogP contribution in [0.15, 0.2) is 36.7 Å². The molecule has 0 aliphatic carbocycles. The number of carbonyl (C=O) groups excluding carboxylic acids is 1. The van der Waals surface area contributed by atoms with Gasteiger partial charge in [0.15, 0.2) is 0 Å². The highest BCUT2D eigenvalue weighted by Crippen LogP contribution is 2.25. The van der Waals surface area contributed by atoms with Crippen molar-refractivity contribution in [2.75, 3.05) is 62.3 Å². The molecule has 0 spiro atoms. The number of nitrogens with one attached hydrogen (secondary N) is 1. The second-order valence-corrected chi connectivity index (χ2v) is 9.91. The van der Waals surface area contributed by atoms with E-state index in [-0.39, 0.29) is 6.10 Å². The highest BCUT2D eigenvalue weighted by molar-refractivity contribution is 5.76. The van der Waals surface area contributed by atoms with Gasteiger partial charge in [0, 0.05) is 38.8 Å². The Balaban J connectivity index is 1.39. The Hall–Kier alpha value is -3.44. The minimum atomic E-state index is -0.547. The second-order valence-electron chi connectivity index (χ2n) is 9.91. The zero-order valence-corrected chi connectivity index (χ0v) is 21.0. The number of rotatable bonds is 5. The van der Waals surface area contributed by atoms with Crippen molar-refractivity contribution in [3.63, 3.8) is 0 Å². The molecule has 2 saturated heterocycles. The number of imidazole rings is 1. The van der Waals surface area contributed by atoms with E-state index in [4.69, 9.17) is 24.2 Å². The number of nitrogens with zero attached hydrogens (tertiary/aromatic N) is 6. The molecule has 2 aliphatic heterocycles. The fourth-order valence-corrected chi connectivity index (χ4v) is 4.31. The van der Waals surface area contributed by atoms with Crippen molar-refractivity contribution in [1.82, 2.24) is 24.8 Å². The molecular formula is C25H33N7O4. The third-order valence-corrected chi connectivity index (χ3v) is 6.03. The van der Waals surface area contributed by atoms with Crippen LogP contribution in [0.5, 0.6) is 0 Å². The Morgan fingerprint density at radius 2 is 1.81 bits per heavy atom. The number of amides is 1. The number of carbonyl (C=O) groups is 1. The molecule has 1 amide bonds. The van der Waals surface area contributed by atoms with E-state index < -0.39 is 11.7 Å². The van der Waals surface area contributed by atoms with Crippen LogP contribution in [-0.2, 0) is 14.2 Å². The van der Waals surface area contributed by atoms with Crippen molar-refractivity contribution in [3.05, 3.63) is 36.7 Å². The lowest BCUT2D eigenvalue weighted by molar-refractivity contribution is 0.0281. The Labute approximate surface area is 210 Å². The summed E-state index contributed by atoms with van der Waals surface area (Å²) in [6.07, 6.45) is 1.12. The van der Waals surface area contributed by atoms with E-state index in [1.807, 2.05) is 55.7 Å². The summed E-state index contributed by atoms with van der Waals surface area (Å²) in [4.78, 5) is 30.9. The monoisotopic (exact) mass is 495 g/mol. The Kier molecular flexibility index (Phi) is 6.92. The normalized spacial score (nSPS) is 18.9. The summed E-state index contributed by atoms with van der Waals surface area (Å²) in [5.74, 6) is 2.23. The molecule has 2 aromatic heterocycles. The van der Waals surface area contributed by atoms with Gasteiger partial charge in [0.2, 0.25) is 5.95 Å². The fourth-order valence-electron chi connectivity index (χ4n) is 4.31. The first-order valence-corrected chi connectivity index (χ1v) is 12.3. The number of fused-ring (bicyclic) bond motifs is 1. The van der Waals surface area contributed by atoms with Crippen LogP contribution < -0.4 is 15.1 Å². The smallest absolute Gasteiger partial charge is 0.407 e. The van der Waals surface area contributed by atoms with Crippen molar-refractivity contribution in [2.45, 2.75) is 32.5 Å². The summed E-state index contributed by atoms with van der Waals surface area (Å²) in [6.45, 7) is 10.5. The van der Waals surface area contributed by atoms with E-state index in [9.17, 15) is 4.79 Å². The van der Waals surface area contributed by atoms with Gasteiger partial charge in [-0.15, -0.1) is 0 Å². The lowest BCUT2D eigenvalue weighted by Gasteiger charge is -2.35. The summed E-state index contributed by atoms with van der Waals surface area (Å²) < 4.78 is 18.7. The van der Waals surface area contributed by atoms with Crippen molar-refractivity contribution < 1.29 is 19.0 Å². The van der Waals surface area contributed by atoms with Gasteiger partial charge in [-0.2, -0.15) is 9.97 Å². The predicted octanol–water partition coefficient (Wildman–Crippen LogP) is 2.38. The number of hydrogen-bond donors (Lipinski definition) is 1. The summed E-state index contributed by atoms with van der Waals surface area (Å²) in [6, 6.07) is 9.97. The van der Waals surface area contributed by atoms with Gasteiger partial charge in [-0.1, -0.05) is 12.1 Å². The maximum absolute atomic E-state index is 12.1. The quantitative estimate of drug-likeness (QED) is 0.571. The molecule has 192 valence electrons. The molecule has 1 N–H and O–H groups in total. The number of ether oxygens (including phenoxy) is 3. The highest BCUT2D eigenvalue weighted by Gasteiger charge is 2.26. The lowest BCUT2D eigenvalue weighted by Crippen LogP contribution is -2.48. The molecule has 4 heterocycles. The van der Waals surface area contributed by atoms with Gasteiger partial charge < -0.3 is 29.3 Å². The molecule has 2 aliphatic rings. The van der Waals surface area contributed by atoms with Gasteiger partial charge in [0.1, 0.15) is 23.6 Å². The van der Waals surface area contributed by atoms with Gasteiger partial charge in [-0.05, 0) is 32.9 Å². The summed E-state index contributed by atoms with van der Waals surface area (Å²) in [5, 5.41) is 2.82. The highest BCUT2D eigenvalue weighted by atomic mass is 16.6. The number of anilines is 2. The molecule has 11 heteroatoms. The van der Waals surface area contributed by atoms with Gasteiger partial charge in [0.05, 0.1) is 37.0 Å². The van der Waals surface area contributed by atoms with E-state index in [0.29, 0.717) is 45.4 Å². The molecular weight excluding hydrogens is 462 g/mol. The average molecular weight is 496 g/mol. The third kappa shape index (κ3) is 5.68. The molecule has 0 bridgehead atoms. The number of aromatic nitrogens is 4. The van der Waals surface area contributed by atoms with E-state index in [1.165, 1.54) is 0 Å². The van der Waals surface area contributed by atoms with Crippen LogP contribution in [-0.4, -0.2) is 89.9 Å². The van der Waals surface area contributed by atoms with Crippen LogP contribution >= 0.6 is 0 Å². The second kappa shape index (κ2) is 10.3. The first kappa shape index (κ1) is 24.3. The molecule has 0 saturated carbocycles. The zero-order valence-electron chi connectivity index (χ0n) is 21.0. The number of morpholine rings is 2. The summed E-state index contributed by atoms with van der Waals surface area (Å²) in [7, 11) is 0. The van der Waals surface area contributed by atoms with E-state index in [2.05, 4.69) is 20.1 Å². The SMILES string of the molecule is CC(C)(C)OC(=O)NCC1CN(c2cc(N3CCOCC3)nc(-n3cnc4ccccc43)n2)CCO1. The predicted molar refractivity (Wildman–Crippen MR) is 136 cm³/mol. The third-order valence-electron chi connectivity index (χ3n) is 6.03. The van der Waals surface area contributed by atoms with E-state index in [0.717, 1.165) is 35.8 Å². The topological polar surface area (TPSA) is 107 Å². The Morgan fingerprint density at radius 3 is 2.58 bits per heavy atom. The maximum Gasteiger partial charge on any atom is 0.407 e. The van der Waals surface area contributed by atoms with E-state index in [1.54, 1.807) is 6.33 Å². The molecule has 2 fully saturated rings. The standard InChI is InChI=1S/C25H33N7O4/c1-25(2,3)36-24(33)26-15-18-16-31(10-13-35-18)22-14-21(30-8-11-34-12-9-30)28-23(29-22)32-17-27-19-6-4-5-7-20(19)32/h4-7,14,17-18H,8-13,15-16H2,1-3H3,(H,26,33). The fraction of sp³-hybridized carbons (Fsp3) is 0.520. The van der Waals surface area contributed by atoms with Gasteiger partial charge in [0.25, 0.3) is 0 Å². The van der Waals surface area contributed by atoms with Gasteiger partial charge >= 0.3 is 6.09 Å². The number of para-hydroxylation sites is 2. The minimum Gasteiger partial charge on any atom is -0.444 e. The minimum absolute atomic E-state index is 0.189. The van der Waals surface area contributed by atoms with Crippen LogP contribution in [0, 0.1) is 0 Å². The molecule has 1 unspecified atom stereocenters.